The van der Waals surface area contributed by atoms with E-state index in [0.717, 1.165) is 10.9 Å². The first kappa shape index (κ1) is 23.4. The number of hydrogen-bond acceptors (Lipinski definition) is 6. The van der Waals surface area contributed by atoms with Gasteiger partial charge < -0.3 is 19.2 Å². The van der Waals surface area contributed by atoms with Crippen molar-refractivity contribution in [2.24, 2.45) is 5.92 Å². The van der Waals surface area contributed by atoms with E-state index in [9.17, 15) is 14.4 Å². The van der Waals surface area contributed by atoms with Crippen LogP contribution in [-0.2, 0) is 9.53 Å². The highest BCUT2D eigenvalue weighted by Crippen LogP contribution is 2.29. The predicted molar refractivity (Wildman–Crippen MR) is 115 cm³/mol. The lowest BCUT2D eigenvalue weighted by molar-refractivity contribution is -0.138. The Morgan fingerprint density at radius 2 is 1.73 bits per heavy atom. The average molecular weight is 418 g/mol. The third-order valence-electron chi connectivity index (χ3n) is 5.17. The third-order valence-corrected chi connectivity index (χ3v) is 5.17. The molecule has 0 unspecified atom stereocenters. The van der Waals surface area contributed by atoms with Gasteiger partial charge in [-0.05, 0) is 65.2 Å². The van der Waals surface area contributed by atoms with Crippen molar-refractivity contribution < 1.29 is 23.5 Å². The van der Waals surface area contributed by atoms with Crippen LogP contribution in [0.4, 0.5) is 4.79 Å². The molecule has 1 heterocycles. The molecule has 0 aliphatic heterocycles. The summed E-state index contributed by atoms with van der Waals surface area (Å²) in [6, 6.07) is 2.55. The topological polar surface area (TPSA) is 94.8 Å². The molecule has 0 radical (unpaired) electrons. The van der Waals surface area contributed by atoms with Crippen molar-refractivity contribution in [3.63, 3.8) is 0 Å². The van der Waals surface area contributed by atoms with Crippen molar-refractivity contribution in [1.29, 1.82) is 0 Å². The number of rotatable bonds is 5. The summed E-state index contributed by atoms with van der Waals surface area (Å²) in [6.45, 7) is 14.3. The van der Waals surface area contributed by atoms with E-state index in [1.165, 1.54) is 0 Å². The number of aryl methyl sites for hydroxylation is 2. The van der Waals surface area contributed by atoms with Gasteiger partial charge in [0, 0.05) is 16.5 Å². The number of carbonyl (C=O) groups excluding carboxylic acids is 2. The molecule has 164 valence electrons. The molecular weight excluding hydrogens is 386 g/mol. The number of ether oxygens (including phenoxy) is 2. The first-order chi connectivity index (χ1) is 13.9. The molecule has 30 heavy (non-hydrogen) atoms. The Balaban J connectivity index is 2.34. The van der Waals surface area contributed by atoms with Gasteiger partial charge in [0.2, 0.25) is 0 Å². The highest BCUT2D eigenvalue weighted by Gasteiger charge is 2.30. The molecule has 2 atom stereocenters. The fraction of sp³-hybridized carbons (Fsp3) is 0.522. The van der Waals surface area contributed by atoms with Gasteiger partial charge >= 0.3 is 17.7 Å². The van der Waals surface area contributed by atoms with Crippen molar-refractivity contribution in [1.82, 2.24) is 5.32 Å². The van der Waals surface area contributed by atoms with Gasteiger partial charge in [0.05, 0.1) is 0 Å². The highest BCUT2D eigenvalue weighted by atomic mass is 16.6. The summed E-state index contributed by atoms with van der Waals surface area (Å²) in [4.78, 5) is 37.2. The van der Waals surface area contributed by atoms with Gasteiger partial charge in [-0.1, -0.05) is 20.3 Å². The fourth-order valence-electron chi connectivity index (χ4n) is 3.01. The largest absolute Gasteiger partial charge is 0.444 e. The summed E-state index contributed by atoms with van der Waals surface area (Å²) in [5.41, 5.74) is 1.19. The van der Waals surface area contributed by atoms with E-state index in [1.807, 2.05) is 20.8 Å². The summed E-state index contributed by atoms with van der Waals surface area (Å²) in [5.74, 6) is -0.504. The number of nitrogens with one attached hydrogen (secondary N) is 1. The smallest absolute Gasteiger partial charge is 0.408 e. The van der Waals surface area contributed by atoms with Gasteiger partial charge in [-0.2, -0.15) is 0 Å². The van der Waals surface area contributed by atoms with Gasteiger partial charge in [-0.15, -0.1) is 0 Å². The molecule has 0 spiro atoms. The zero-order chi connectivity index (χ0) is 22.8. The van der Waals surface area contributed by atoms with E-state index in [2.05, 4.69) is 5.32 Å². The molecule has 0 aliphatic carbocycles. The summed E-state index contributed by atoms with van der Waals surface area (Å²) in [5, 5.41) is 3.40. The van der Waals surface area contributed by atoms with Crippen LogP contribution in [0.15, 0.2) is 21.3 Å². The quantitative estimate of drug-likeness (QED) is 0.435. The normalized spacial score (nSPS) is 13.6. The van der Waals surface area contributed by atoms with Crippen LogP contribution >= 0.6 is 0 Å². The number of alkyl carbamates (subject to hydrolysis) is 1. The first-order valence-corrected chi connectivity index (χ1v) is 10.1. The molecule has 0 fully saturated rings. The lowest BCUT2D eigenvalue weighted by Crippen LogP contribution is -2.48. The van der Waals surface area contributed by atoms with Gasteiger partial charge in [0.25, 0.3) is 0 Å². The van der Waals surface area contributed by atoms with Crippen LogP contribution in [0.2, 0.25) is 0 Å². The monoisotopic (exact) mass is 417 g/mol. The second-order valence-electron chi connectivity index (χ2n) is 8.64. The number of esters is 1. The zero-order valence-corrected chi connectivity index (χ0v) is 19.0. The van der Waals surface area contributed by atoms with Gasteiger partial charge in [0.1, 0.15) is 23.0 Å². The van der Waals surface area contributed by atoms with E-state index in [0.29, 0.717) is 23.1 Å². The molecular formula is C23H31NO6. The van der Waals surface area contributed by atoms with Crippen molar-refractivity contribution in [3.05, 3.63) is 39.2 Å². The molecule has 0 saturated carbocycles. The zero-order valence-electron chi connectivity index (χ0n) is 19.0. The number of fused-ring (bicyclic) bond motifs is 1. The average Bonchev–Trinajstić information content (AvgIpc) is 2.65. The Labute approximate surface area is 176 Å². The number of carbonyl (C=O) groups is 2. The van der Waals surface area contributed by atoms with Crippen LogP contribution in [0.1, 0.15) is 57.7 Å². The Morgan fingerprint density at radius 3 is 2.30 bits per heavy atom. The van der Waals surface area contributed by atoms with Gasteiger partial charge in [0.15, 0.2) is 0 Å². The lowest BCUT2D eigenvalue weighted by atomic mass is 9.99. The molecule has 2 aromatic rings. The molecule has 0 saturated heterocycles. The molecule has 1 amide bonds. The number of hydrogen-bond donors (Lipinski definition) is 1. The standard InChI is InChI=1S/C23H31NO6/c1-9-12(2)18(24-22(27)30-23(6,7)8)21(26)28-17-11-10-16-13(3)14(4)20(25)29-19(16)15(17)5/h10-12,18H,9H2,1-8H3,(H,24,27)/t12-,18+/m0/s1. The number of benzene rings is 1. The Kier molecular flexibility index (Phi) is 6.95. The molecule has 1 aromatic heterocycles. The molecule has 7 nitrogen and oxygen atoms in total. The highest BCUT2D eigenvalue weighted by molar-refractivity contribution is 5.88. The van der Waals surface area contributed by atoms with E-state index in [4.69, 9.17) is 13.9 Å². The number of amides is 1. The summed E-state index contributed by atoms with van der Waals surface area (Å²) >= 11 is 0. The molecule has 0 aliphatic rings. The molecule has 1 N–H and O–H groups in total. The Morgan fingerprint density at radius 1 is 1.10 bits per heavy atom. The van der Waals surface area contributed by atoms with Crippen LogP contribution < -0.4 is 15.7 Å². The molecule has 2 rings (SSSR count). The van der Waals surface area contributed by atoms with E-state index in [-0.39, 0.29) is 11.7 Å². The maximum absolute atomic E-state index is 12.9. The minimum Gasteiger partial charge on any atom is -0.444 e. The first-order valence-electron chi connectivity index (χ1n) is 10.1. The third kappa shape index (κ3) is 5.20. The Hall–Kier alpha value is -2.83. The van der Waals surface area contributed by atoms with E-state index >= 15 is 0 Å². The van der Waals surface area contributed by atoms with Crippen LogP contribution in [0.25, 0.3) is 11.0 Å². The van der Waals surface area contributed by atoms with Gasteiger partial charge in [-0.3, -0.25) is 0 Å². The van der Waals surface area contributed by atoms with Crippen molar-refractivity contribution in [3.8, 4) is 5.75 Å². The Bertz CT molecular complexity index is 1010. The molecule has 1 aromatic carbocycles. The van der Waals surface area contributed by atoms with Crippen molar-refractivity contribution in [2.75, 3.05) is 0 Å². The lowest BCUT2D eigenvalue weighted by Gasteiger charge is -2.25. The van der Waals surface area contributed by atoms with Crippen molar-refractivity contribution >= 4 is 23.0 Å². The predicted octanol–water partition coefficient (Wildman–Crippen LogP) is 4.56. The minimum absolute atomic E-state index is 0.173. The SMILES string of the molecule is CC[C@H](C)[C@@H](NC(=O)OC(C)(C)C)C(=O)Oc1ccc2c(C)c(C)c(=O)oc2c1C. The summed E-state index contributed by atoms with van der Waals surface area (Å²) in [7, 11) is 0. The summed E-state index contributed by atoms with van der Waals surface area (Å²) < 4.78 is 16.3. The van der Waals surface area contributed by atoms with Crippen LogP contribution in [0.5, 0.6) is 5.75 Å². The van der Waals surface area contributed by atoms with E-state index < -0.39 is 29.3 Å². The maximum atomic E-state index is 12.9. The second-order valence-corrected chi connectivity index (χ2v) is 8.64. The minimum atomic E-state index is -0.883. The van der Waals surface area contributed by atoms with Crippen LogP contribution in [-0.4, -0.2) is 23.7 Å². The van der Waals surface area contributed by atoms with E-state index in [1.54, 1.807) is 46.8 Å². The molecule has 7 heteroatoms. The fourth-order valence-corrected chi connectivity index (χ4v) is 3.01. The van der Waals surface area contributed by atoms with Crippen molar-refractivity contribution in [2.45, 2.75) is 73.5 Å². The second kappa shape index (κ2) is 8.90. The summed E-state index contributed by atoms with van der Waals surface area (Å²) in [6.07, 6.45) is -0.0309. The van der Waals surface area contributed by atoms with Crippen LogP contribution in [0, 0.1) is 26.7 Å². The van der Waals surface area contributed by atoms with Crippen LogP contribution in [0.3, 0.4) is 0 Å². The van der Waals surface area contributed by atoms with Gasteiger partial charge in [-0.25, -0.2) is 14.4 Å². The molecule has 0 bridgehead atoms. The maximum Gasteiger partial charge on any atom is 0.408 e.